The fourth-order valence-electron chi connectivity index (χ4n) is 1.50. The van der Waals surface area contributed by atoms with Crippen molar-refractivity contribution in [2.45, 2.75) is 25.4 Å². The van der Waals surface area contributed by atoms with Crippen LogP contribution in [0.15, 0.2) is 12.1 Å². The third kappa shape index (κ3) is 3.32. The van der Waals surface area contributed by atoms with Crippen molar-refractivity contribution in [1.29, 1.82) is 0 Å². The van der Waals surface area contributed by atoms with Gasteiger partial charge >= 0.3 is 0 Å². The molecule has 1 fully saturated rings. The van der Waals surface area contributed by atoms with Crippen molar-refractivity contribution in [2.75, 3.05) is 13.2 Å². The highest BCUT2D eigenvalue weighted by molar-refractivity contribution is 6.29. The number of nitrogens with zero attached hydrogens (tertiary/aromatic N) is 2. The second-order valence-corrected chi connectivity index (χ2v) is 3.88. The van der Waals surface area contributed by atoms with Crippen molar-refractivity contribution >= 4 is 11.6 Å². The fraction of sp³-hybridized carbons (Fsp3) is 0.600. The van der Waals surface area contributed by atoms with Gasteiger partial charge in [-0.25, -0.2) is 0 Å². The van der Waals surface area contributed by atoms with E-state index in [1.165, 1.54) is 6.42 Å². The first-order valence-corrected chi connectivity index (χ1v) is 5.46. The molecule has 1 aliphatic heterocycles. The summed E-state index contributed by atoms with van der Waals surface area (Å²) in [5.74, 6) is 0.494. The van der Waals surface area contributed by atoms with Crippen LogP contribution < -0.4 is 4.74 Å². The predicted octanol–water partition coefficient (Wildman–Crippen LogP) is 2.08. The molecule has 15 heavy (non-hydrogen) atoms. The highest BCUT2D eigenvalue weighted by atomic mass is 35.5. The summed E-state index contributed by atoms with van der Waals surface area (Å²) in [4.78, 5) is 0. The molecule has 4 nitrogen and oxygen atoms in total. The molecule has 1 saturated heterocycles. The van der Waals surface area contributed by atoms with Gasteiger partial charge < -0.3 is 9.47 Å². The van der Waals surface area contributed by atoms with Crippen LogP contribution in [0.4, 0.5) is 0 Å². The lowest BCUT2D eigenvalue weighted by Gasteiger charge is -2.22. The molecule has 1 aromatic heterocycles. The Hall–Kier alpha value is -0.870. The van der Waals surface area contributed by atoms with E-state index in [1.54, 1.807) is 12.1 Å². The molecule has 2 rings (SSSR count). The second-order valence-electron chi connectivity index (χ2n) is 3.49. The van der Waals surface area contributed by atoms with E-state index in [0.717, 1.165) is 19.4 Å². The van der Waals surface area contributed by atoms with Gasteiger partial charge in [0, 0.05) is 12.7 Å². The molecule has 0 bridgehead atoms. The molecule has 1 atom stereocenters. The number of ether oxygens (including phenoxy) is 2. The highest BCUT2D eigenvalue weighted by Gasteiger charge is 2.14. The summed E-state index contributed by atoms with van der Waals surface area (Å²) in [7, 11) is 0. The van der Waals surface area contributed by atoms with Crippen LogP contribution in [-0.4, -0.2) is 29.5 Å². The zero-order valence-corrected chi connectivity index (χ0v) is 9.11. The predicted molar refractivity (Wildman–Crippen MR) is 56.1 cm³/mol. The number of hydrogen-bond donors (Lipinski definition) is 0. The van der Waals surface area contributed by atoms with Gasteiger partial charge in [0.2, 0.25) is 5.88 Å². The summed E-state index contributed by atoms with van der Waals surface area (Å²) in [5.41, 5.74) is 0. The van der Waals surface area contributed by atoms with Crippen LogP contribution in [0, 0.1) is 0 Å². The Balaban J connectivity index is 1.79. The van der Waals surface area contributed by atoms with E-state index in [4.69, 9.17) is 21.1 Å². The summed E-state index contributed by atoms with van der Waals surface area (Å²) in [6.07, 6.45) is 3.61. The van der Waals surface area contributed by atoms with Crippen molar-refractivity contribution in [3.05, 3.63) is 17.3 Å². The van der Waals surface area contributed by atoms with Gasteiger partial charge in [-0.3, -0.25) is 0 Å². The van der Waals surface area contributed by atoms with Gasteiger partial charge in [-0.1, -0.05) is 11.6 Å². The molecular weight excluding hydrogens is 216 g/mol. The number of rotatable bonds is 3. The quantitative estimate of drug-likeness (QED) is 0.795. The largest absolute Gasteiger partial charge is 0.474 e. The van der Waals surface area contributed by atoms with Gasteiger partial charge in [0.1, 0.15) is 6.61 Å². The zero-order chi connectivity index (χ0) is 10.5. The van der Waals surface area contributed by atoms with Crippen LogP contribution in [-0.2, 0) is 4.74 Å². The Labute approximate surface area is 93.6 Å². The molecule has 0 spiro atoms. The first-order chi connectivity index (χ1) is 7.34. The standard InChI is InChI=1S/C10H13ClN2O2/c11-9-4-5-10(13-12-9)15-7-8-3-1-2-6-14-8/h4-5,8H,1-3,6-7H2/t8-/m1/s1. The molecule has 0 radical (unpaired) electrons. The van der Waals surface area contributed by atoms with Gasteiger partial charge in [-0.15, -0.1) is 10.2 Å². The number of aromatic nitrogens is 2. The minimum Gasteiger partial charge on any atom is -0.474 e. The molecule has 1 aromatic rings. The molecule has 82 valence electrons. The SMILES string of the molecule is Clc1ccc(OC[C@H]2CCCCO2)nn1. The van der Waals surface area contributed by atoms with E-state index in [1.807, 2.05) is 0 Å². The Morgan fingerprint density at radius 3 is 3.00 bits per heavy atom. The summed E-state index contributed by atoms with van der Waals surface area (Å²) >= 11 is 5.61. The maximum Gasteiger partial charge on any atom is 0.233 e. The van der Waals surface area contributed by atoms with E-state index in [-0.39, 0.29) is 6.10 Å². The van der Waals surface area contributed by atoms with Crippen LogP contribution in [0.1, 0.15) is 19.3 Å². The van der Waals surface area contributed by atoms with Crippen LogP contribution in [0.2, 0.25) is 5.15 Å². The fourth-order valence-corrected chi connectivity index (χ4v) is 1.60. The van der Waals surface area contributed by atoms with Crippen LogP contribution in [0.3, 0.4) is 0 Å². The van der Waals surface area contributed by atoms with E-state index in [9.17, 15) is 0 Å². The minimum atomic E-state index is 0.191. The van der Waals surface area contributed by atoms with Crippen molar-refractivity contribution in [2.24, 2.45) is 0 Å². The molecule has 2 heterocycles. The zero-order valence-electron chi connectivity index (χ0n) is 8.36. The summed E-state index contributed by atoms with van der Waals surface area (Å²) in [5, 5.41) is 7.87. The maximum absolute atomic E-state index is 5.61. The van der Waals surface area contributed by atoms with Crippen molar-refractivity contribution in [3.8, 4) is 5.88 Å². The van der Waals surface area contributed by atoms with E-state index < -0.39 is 0 Å². The molecule has 0 amide bonds. The van der Waals surface area contributed by atoms with Crippen molar-refractivity contribution < 1.29 is 9.47 Å². The van der Waals surface area contributed by atoms with E-state index >= 15 is 0 Å². The molecule has 5 heteroatoms. The third-order valence-electron chi connectivity index (χ3n) is 2.30. The van der Waals surface area contributed by atoms with Crippen LogP contribution in [0.5, 0.6) is 5.88 Å². The Morgan fingerprint density at radius 1 is 1.40 bits per heavy atom. The summed E-state index contributed by atoms with van der Waals surface area (Å²) in [6.45, 7) is 1.37. The Bertz CT molecular complexity index is 299. The van der Waals surface area contributed by atoms with Gasteiger partial charge in [-0.2, -0.15) is 0 Å². The number of halogens is 1. The molecule has 0 aliphatic carbocycles. The second kappa shape index (κ2) is 5.28. The topological polar surface area (TPSA) is 44.2 Å². The minimum absolute atomic E-state index is 0.191. The van der Waals surface area contributed by atoms with Gasteiger partial charge in [0.25, 0.3) is 0 Å². The van der Waals surface area contributed by atoms with Crippen molar-refractivity contribution in [3.63, 3.8) is 0 Å². The Kier molecular flexibility index (Phi) is 3.75. The average molecular weight is 229 g/mol. The van der Waals surface area contributed by atoms with E-state index in [0.29, 0.717) is 17.6 Å². The first kappa shape index (κ1) is 10.6. The van der Waals surface area contributed by atoms with E-state index in [2.05, 4.69) is 10.2 Å². The van der Waals surface area contributed by atoms with Gasteiger partial charge in [0.05, 0.1) is 6.10 Å². The third-order valence-corrected chi connectivity index (χ3v) is 2.50. The monoisotopic (exact) mass is 228 g/mol. The lowest BCUT2D eigenvalue weighted by molar-refractivity contribution is -0.0121. The Morgan fingerprint density at radius 2 is 2.33 bits per heavy atom. The van der Waals surface area contributed by atoms with Gasteiger partial charge in [0.15, 0.2) is 5.15 Å². The molecule has 0 aromatic carbocycles. The molecular formula is C10H13ClN2O2. The van der Waals surface area contributed by atoms with Crippen molar-refractivity contribution in [1.82, 2.24) is 10.2 Å². The average Bonchev–Trinajstić information content (AvgIpc) is 2.30. The van der Waals surface area contributed by atoms with Crippen LogP contribution in [0.25, 0.3) is 0 Å². The first-order valence-electron chi connectivity index (χ1n) is 5.08. The molecule has 0 unspecified atom stereocenters. The summed E-state index contributed by atoms with van der Waals surface area (Å²) < 4.78 is 11.0. The highest BCUT2D eigenvalue weighted by Crippen LogP contribution is 2.14. The number of hydrogen-bond acceptors (Lipinski definition) is 4. The smallest absolute Gasteiger partial charge is 0.233 e. The maximum atomic E-state index is 5.61. The lowest BCUT2D eigenvalue weighted by atomic mass is 10.1. The van der Waals surface area contributed by atoms with Crippen LogP contribution >= 0.6 is 11.6 Å². The molecule has 0 N–H and O–H groups in total. The molecule has 1 aliphatic rings. The summed E-state index contributed by atoms with van der Waals surface area (Å²) in [6, 6.07) is 3.36. The normalized spacial score (nSPS) is 21.3. The van der Waals surface area contributed by atoms with Gasteiger partial charge in [-0.05, 0) is 25.3 Å². The lowest BCUT2D eigenvalue weighted by Crippen LogP contribution is -2.26. The molecule has 0 saturated carbocycles.